The molecule has 5 nitrogen and oxygen atoms in total. The van der Waals surface area contributed by atoms with Crippen molar-refractivity contribution in [1.29, 1.82) is 0 Å². The minimum atomic E-state index is -0.626. The van der Waals surface area contributed by atoms with E-state index in [1.807, 2.05) is 6.92 Å². The standard InChI is InChI=1S/C15H19FN2O3/c1-3-4-18-14(19)10-5-9-6-11(8-16)21-13(9)12(7-10)15(20)17-2/h5,7,11H,3-4,6,8H2,1-2H3,(H,17,20)(H,18,19). The number of halogens is 1. The Labute approximate surface area is 122 Å². The Bertz CT molecular complexity index is 560. The Morgan fingerprint density at radius 2 is 2.14 bits per heavy atom. The van der Waals surface area contributed by atoms with Crippen molar-refractivity contribution in [2.45, 2.75) is 25.9 Å². The largest absolute Gasteiger partial charge is 0.486 e. The molecule has 1 aromatic carbocycles. The number of alkyl halides is 1. The number of hydrogen-bond donors (Lipinski definition) is 2. The fourth-order valence-electron chi connectivity index (χ4n) is 2.29. The first-order valence-corrected chi connectivity index (χ1v) is 7.00. The second-order valence-corrected chi connectivity index (χ2v) is 4.95. The summed E-state index contributed by atoms with van der Waals surface area (Å²) in [4.78, 5) is 24.0. The summed E-state index contributed by atoms with van der Waals surface area (Å²) in [5.74, 6) is -0.214. The van der Waals surface area contributed by atoms with E-state index in [4.69, 9.17) is 4.74 Å². The molecule has 1 aliphatic rings. The zero-order valence-corrected chi connectivity index (χ0v) is 12.2. The molecule has 2 N–H and O–H groups in total. The first-order valence-electron chi connectivity index (χ1n) is 7.00. The highest BCUT2D eigenvalue weighted by molar-refractivity contribution is 6.02. The van der Waals surface area contributed by atoms with Gasteiger partial charge in [-0.25, -0.2) is 4.39 Å². The zero-order valence-electron chi connectivity index (χ0n) is 12.2. The number of ether oxygens (including phenoxy) is 1. The number of benzene rings is 1. The van der Waals surface area contributed by atoms with Crippen molar-refractivity contribution < 1.29 is 18.7 Å². The van der Waals surface area contributed by atoms with E-state index in [0.717, 1.165) is 6.42 Å². The molecule has 0 saturated heterocycles. The van der Waals surface area contributed by atoms with Gasteiger partial charge >= 0.3 is 0 Å². The zero-order chi connectivity index (χ0) is 15.4. The number of nitrogens with one attached hydrogen (secondary N) is 2. The number of fused-ring (bicyclic) bond motifs is 1. The lowest BCUT2D eigenvalue weighted by Gasteiger charge is -2.11. The molecule has 2 amide bonds. The van der Waals surface area contributed by atoms with E-state index in [1.165, 1.54) is 13.1 Å². The predicted molar refractivity (Wildman–Crippen MR) is 76.6 cm³/mol. The van der Waals surface area contributed by atoms with Crippen LogP contribution in [0.25, 0.3) is 0 Å². The Hall–Kier alpha value is -2.11. The van der Waals surface area contributed by atoms with Crippen LogP contribution >= 0.6 is 0 Å². The summed E-state index contributed by atoms with van der Waals surface area (Å²) in [6, 6.07) is 3.16. The van der Waals surface area contributed by atoms with Gasteiger partial charge in [-0.1, -0.05) is 6.92 Å². The predicted octanol–water partition coefficient (Wildman–Crippen LogP) is 1.46. The molecule has 114 valence electrons. The average molecular weight is 294 g/mol. The van der Waals surface area contributed by atoms with Crippen LogP contribution in [0.2, 0.25) is 0 Å². The summed E-state index contributed by atoms with van der Waals surface area (Å²) in [5.41, 5.74) is 1.36. The molecule has 1 aromatic rings. The Morgan fingerprint density at radius 1 is 1.38 bits per heavy atom. The molecule has 1 unspecified atom stereocenters. The van der Waals surface area contributed by atoms with E-state index in [0.29, 0.717) is 29.8 Å². The third-order valence-corrected chi connectivity index (χ3v) is 3.34. The lowest BCUT2D eigenvalue weighted by molar-refractivity contribution is 0.0953. The van der Waals surface area contributed by atoms with Gasteiger partial charge in [0, 0.05) is 25.6 Å². The number of rotatable bonds is 5. The van der Waals surface area contributed by atoms with Crippen LogP contribution in [0.4, 0.5) is 4.39 Å². The molecule has 0 spiro atoms. The van der Waals surface area contributed by atoms with E-state index in [9.17, 15) is 14.0 Å². The van der Waals surface area contributed by atoms with Crippen LogP contribution in [0, 0.1) is 0 Å². The van der Waals surface area contributed by atoms with Crippen molar-refractivity contribution in [1.82, 2.24) is 10.6 Å². The summed E-state index contributed by atoms with van der Waals surface area (Å²) in [6.45, 7) is 1.90. The van der Waals surface area contributed by atoms with E-state index < -0.39 is 12.8 Å². The molecule has 0 aromatic heterocycles. The normalized spacial score (nSPS) is 16.0. The third kappa shape index (κ3) is 3.15. The summed E-state index contributed by atoms with van der Waals surface area (Å²) < 4.78 is 18.3. The van der Waals surface area contributed by atoms with Crippen LogP contribution in [0.3, 0.4) is 0 Å². The van der Waals surface area contributed by atoms with E-state index in [1.54, 1.807) is 6.07 Å². The maximum atomic E-state index is 12.8. The minimum absolute atomic E-state index is 0.242. The number of hydrogen-bond acceptors (Lipinski definition) is 3. The SMILES string of the molecule is CCCNC(=O)c1cc2c(c(C(=O)NC)c1)OC(CF)C2. The molecule has 1 atom stereocenters. The minimum Gasteiger partial charge on any atom is -0.486 e. The Morgan fingerprint density at radius 3 is 2.76 bits per heavy atom. The van der Waals surface area contributed by atoms with Crippen LogP contribution in [-0.4, -0.2) is 38.2 Å². The van der Waals surface area contributed by atoms with E-state index in [-0.39, 0.29) is 17.4 Å². The molecular formula is C15H19FN2O3. The van der Waals surface area contributed by atoms with Crippen LogP contribution in [0.5, 0.6) is 5.75 Å². The fraction of sp³-hybridized carbons (Fsp3) is 0.467. The van der Waals surface area contributed by atoms with Gasteiger partial charge in [0.2, 0.25) is 0 Å². The monoisotopic (exact) mass is 294 g/mol. The van der Waals surface area contributed by atoms with Gasteiger partial charge in [0.15, 0.2) is 0 Å². The molecule has 0 saturated carbocycles. The molecule has 21 heavy (non-hydrogen) atoms. The highest BCUT2D eigenvalue weighted by atomic mass is 19.1. The summed E-state index contributed by atoms with van der Waals surface area (Å²) in [6.07, 6.45) is 0.605. The third-order valence-electron chi connectivity index (χ3n) is 3.34. The van der Waals surface area contributed by atoms with Crippen molar-refractivity contribution in [2.75, 3.05) is 20.3 Å². The molecule has 0 radical (unpaired) electrons. The lowest BCUT2D eigenvalue weighted by atomic mass is 10.0. The van der Waals surface area contributed by atoms with Gasteiger partial charge in [0.05, 0.1) is 5.56 Å². The highest BCUT2D eigenvalue weighted by Crippen LogP contribution is 2.34. The summed E-state index contributed by atoms with van der Waals surface area (Å²) in [5, 5.41) is 5.27. The van der Waals surface area contributed by atoms with Gasteiger partial charge in [0.25, 0.3) is 11.8 Å². The van der Waals surface area contributed by atoms with Gasteiger partial charge in [0.1, 0.15) is 18.5 Å². The molecule has 0 fully saturated rings. The van der Waals surface area contributed by atoms with Crippen molar-refractivity contribution in [3.8, 4) is 5.75 Å². The van der Waals surface area contributed by atoms with Crippen molar-refractivity contribution >= 4 is 11.8 Å². The number of amides is 2. The molecule has 1 heterocycles. The smallest absolute Gasteiger partial charge is 0.254 e. The number of carbonyl (C=O) groups excluding carboxylic acids is 2. The van der Waals surface area contributed by atoms with Crippen molar-refractivity contribution in [3.05, 3.63) is 28.8 Å². The van der Waals surface area contributed by atoms with Gasteiger partial charge in [-0.15, -0.1) is 0 Å². The topological polar surface area (TPSA) is 67.4 Å². The van der Waals surface area contributed by atoms with Crippen molar-refractivity contribution in [3.63, 3.8) is 0 Å². The van der Waals surface area contributed by atoms with Crippen LogP contribution in [0.15, 0.2) is 12.1 Å². The molecule has 0 bridgehead atoms. The van der Waals surface area contributed by atoms with Gasteiger partial charge < -0.3 is 15.4 Å². The summed E-state index contributed by atoms with van der Waals surface area (Å²) >= 11 is 0. The van der Waals surface area contributed by atoms with E-state index in [2.05, 4.69) is 10.6 Å². The fourth-order valence-corrected chi connectivity index (χ4v) is 2.29. The van der Waals surface area contributed by atoms with Crippen LogP contribution < -0.4 is 15.4 Å². The van der Waals surface area contributed by atoms with Crippen LogP contribution in [0.1, 0.15) is 39.6 Å². The molecule has 1 aliphatic heterocycles. The molecule has 2 rings (SSSR count). The first-order chi connectivity index (χ1) is 10.1. The van der Waals surface area contributed by atoms with Gasteiger partial charge in [-0.3, -0.25) is 9.59 Å². The quantitative estimate of drug-likeness (QED) is 0.864. The van der Waals surface area contributed by atoms with E-state index >= 15 is 0 Å². The second-order valence-electron chi connectivity index (χ2n) is 4.95. The number of carbonyl (C=O) groups is 2. The van der Waals surface area contributed by atoms with Gasteiger partial charge in [-0.2, -0.15) is 0 Å². The Balaban J connectivity index is 2.38. The Kier molecular flexibility index (Phi) is 4.77. The molecular weight excluding hydrogens is 275 g/mol. The first kappa shape index (κ1) is 15.3. The molecule has 0 aliphatic carbocycles. The van der Waals surface area contributed by atoms with Crippen LogP contribution in [-0.2, 0) is 6.42 Å². The maximum absolute atomic E-state index is 12.8. The summed E-state index contributed by atoms with van der Waals surface area (Å²) in [7, 11) is 1.50. The molecule has 6 heteroatoms. The maximum Gasteiger partial charge on any atom is 0.254 e. The van der Waals surface area contributed by atoms with Gasteiger partial charge in [-0.05, 0) is 24.1 Å². The average Bonchev–Trinajstić information content (AvgIpc) is 2.93. The van der Waals surface area contributed by atoms with Crippen molar-refractivity contribution in [2.24, 2.45) is 0 Å². The lowest BCUT2D eigenvalue weighted by Crippen LogP contribution is -2.25. The second kappa shape index (κ2) is 6.56. The highest BCUT2D eigenvalue weighted by Gasteiger charge is 2.29.